The summed E-state index contributed by atoms with van der Waals surface area (Å²) in [4.78, 5) is 7.16. The van der Waals surface area contributed by atoms with E-state index >= 15 is 0 Å². The first kappa shape index (κ1) is 15.6. The second-order valence-corrected chi connectivity index (χ2v) is 7.19. The maximum atomic E-state index is 4.72. The van der Waals surface area contributed by atoms with E-state index in [-0.39, 0.29) is 0 Å². The van der Waals surface area contributed by atoms with Crippen molar-refractivity contribution in [2.45, 2.75) is 33.7 Å². The van der Waals surface area contributed by atoms with Gasteiger partial charge in [0, 0.05) is 31.6 Å². The van der Waals surface area contributed by atoms with Crippen molar-refractivity contribution in [3.8, 4) is 0 Å². The topological polar surface area (TPSA) is 28.2 Å². The number of anilines is 1. The molecule has 112 valence electrons. The van der Waals surface area contributed by atoms with Gasteiger partial charge in [-0.2, -0.15) is 11.8 Å². The molecule has 1 aliphatic rings. The van der Waals surface area contributed by atoms with E-state index in [1.54, 1.807) is 0 Å². The Labute approximate surface area is 127 Å². The van der Waals surface area contributed by atoms with E-state index in [1.807, 2.05) is 6.20 Å². The zero-order chi connectivity index (χ0) is 14.4. The molecule has 2 rings (SSSR count). The summed E-state index contributed by atoms with van der Waals surface area (Å²) in [5.74, 6) is 4.38. The van der Waals surface area contributed by atoms with Gasteiger partial charge in [0.25, 0.3) is 0 Å². The normalized spacial score (nSPS) is 16.5. The molecule has 1 aromatic rings. The van der Waals surface area contributed by atoms with Crippen LogP contribution in [0.25, 0.3) is 0 Å². The molecule has 1 fully saturated rings. The fraction of sp³-hybridized carbons (Fsp3) is 0.688. The number of hydrogen-bond acceptors (Lipinski definition) is 4. The molecule has 0 bridgehead atoms. The van der Waals surface area contributed by atoms with Gasteiger partial charge in [-0.05, 0) is 48.8 Å². The van der Waals surface area contributed by atoms with Gasteiger partial charge in [-0.15, -0.1) is 0 Å². The second kappa shape index (κ2) is 7.89. The molecular weight excluding hydrogens is 266 g/mol. The van der Waals surface area contributed by atoms with Crippen molar-refractivity contribution in [1.82, 2.24) is 10.3 Å². The molecule has 0 aliphatic carbocycles. The number of rotatable bonds is 5. The molecule has 0 amide bonds. The number of aryl methyl sites for hydroxylation is 1. The van der Waals surface area contributed by atoms with E-state index < -0.39 is 0 Å². The highest BCUT2D eigenvalue weighted by molar-refractivity contribution is 7.99. The lowest BCUT2D eigenvalue weighted by Crippen LogP contribution is -2.27. The fourth-order valence-corrected chi connectivity index (χ4v) is 3.40. The van der Waals surface area contributed by atoms with Crippen LogP contribution < -0.4 is 10.2 Å². The lowest BCUT2D eigenvalue weighted by atomic mass is 10.1. The van der Waals surface area contributed by atoms with Crippen LogP contribution in [0.4, 0.5) is 5.82 Å². The summed E-state index contributed by atoms with van der Waals surface area (Å²) in [5, 5.41) is 3.48. The lowest BCUT2D eigenvalue weighted by molar-refractivity contribution is 0.551. The quantitative estimate of drug-likeness (QED) is 0.903. The maximum absolute atomic E-state index is 4.72. The van der Waals surface area contributed by atoms with Crippen molar-refractivity contribution >= 4 is 17.6 Å². The van der Waals surface area contributed by atoms with E-state index in [1.165, 1.54) is 34.9 Å². The first-order valence-corrected chi connectivity index (χ1v) is 8.81. The summed E-state index contributed by atoms with van der Waals surface area (Å²) < 4.78 is 0. The molecule has 0 spiro atoms. The summed E-state index contributed by atoms with van der Waals surface area (Å²) in [7, 11) is 0. The van der Waals surface area contributed by atoms with Crippen LogP contribution in [0.2, 0.25) is 0 Å². The summed E-state index contributed by atoms with van der Waals surface area (Å²) in [6.07, 6.45) is 3.30. The number of nitrogens with one attached hydrogen (secondary N) is 1. The van der Waals surface area contributed by atoms with Gasteiger partial charge in [0.1, 0.15) is 5.82 Å². The molecule has 1 saturated heterocycles. The molecule has 0 atom stereocenters. The van der Waals surface area contributed by atoms with E-state index in [2.05, 4.69) is 48.8 Å². The molecular formula is C16H27N3S. The van der Waals surface area contributed by atoms with Crippen molar-refractivity contribution in [2.24, 2.45) is 5.92 Å². The predicted molar refractivity (Wildman–Crippen MR) is 89.7 cm³/mol. The van der Waals surface area contributed by atoms with Crippen molar-refractivity contribution in [2.75, 3.05) is 36.0 Å². The average molecular weight is 293 g/mol. The largest absolute Gasteiger partial charge is 0.356 e. The Morgan fingerprint density at radius 2 is 2.20 bits per heavy atom. The third-order valence-corrected chi connectivity index (χ3v) is 4.56. The van der Waals surface area contributed by atoms with Crippen LogP contribution in [-0.2, 0) is 6.54 Å². The standard InChI is InChI=1S/C16H27N3S/c1-13(2)10-17-11-15-9-14(3)16(18-12-15)19-5-4-7-20-8-6-19/h9,12-13,17H,4-8,10-11H2,1-3H3. The van der Waals surface area contributed by atoms with Crippen LogP contribution in [0, 0.1) is 12.8 Å². The summed E-state index contributed by atoms with van der Waals surface area (Å²) in [6, 6.07) is 2.29. The van der Waals surface area contributed by atoms with Crippen LogP contribution in [-0.4, -0.2) is 36.1 Å². The van der Waals surface area contributed by atoms with Gasteiger partial charge < -0.3 is 10.2 Å². The van der Waals surface area contributed by atoms with Gasteiger partial charge in [0.05, 0.1) is 0 Å². The summed E-state index contributed by atoms with van der Waals surface area (Å²) in [6.45, 7) is 10.9. The highest BCUT2D eigenvalue weighted by Crippen LogP contribution is 2.21. The minimum absolute atomic E-state index is 0.693. The Kier molecular flexibility index (Phi) is 6.17. The Balaban J connectivity index is 1.97. The Morgan fingerprint density at radius 1 is 1.35 bits per heavy atom. The number of aromatic nitrogens is 1. The minimum Gasteiger partial charge on any atom is -0.356 e. The van der Waals surface area contributed by atoms with Crippen LogP contribution in [0.1, 0.15) is 31.4 Å². The van der Waals surface area contributed by atoms with Crippen LogP contribution >= 0.6 is 11.8 Å². The third-order valence-electron chi connectivity index (χ3n) is 3.51. The molecule has 0 saturated carbocycles. The van der Waals surface area contributed by atoms with E-state index in [9.17, 15) is 0 Å². The van der Waals surface area contributed by atoms with E-state index in [0.29, 0.717) is 5.92 Å². The lowest BCUT2D eigenvalue weighted by Gasteiger charge is -2.23. The Morgan fingerprint density at radius 3 is 2.95 bits per heavy atom. The molecule has 1 aromatic heterocycles. The number of nitrogens with zero attached hydrogens (tertiary/aromatic N) is 2. The van der Waals surface area contributed by atoms with Crippen molar-refractivity contribution < 1.29 is 0 Å². The molecule has 0 radical (unpaired) electrons. The fourth-order valence-electron chi connectivity index (χ4n) is 2.52. The maximum Gasteiger partial charge on any atom is 0.131 e. The van der Waals surface area contributed by atoms with Gasteiger partial charge in [0.2, 0.25) is 0 Å². The van der Waals surface area contributed by atoms with Gasteiger partial charge in [-0.3, -0.25) is 0 Å². The van der Waals surface area contributed by atoms with Crippen LogP contribution in [0.3, 0.4) is 0 Å². The molecule has 0 unspecified atom stereocenters. The van der Waals surface area contributed by atoms with Crippen LogP contribution in [0.15, 0.2) is 12.3 Å². The molecule has 4 heteroatoms. The smallest absolute Gasteiger partial charge is 0.131 e. The zero-order valence-corrected chi connectivity index (χ0v) is 13.8. The van der Waals surface area contributed by atoms with E-state index in [0.717, 1.165) is 26.2 Å². The molecule has 3 nitrogen and oxygen atoms in total. The number of thioether (sulfide) groups is 1. The molecule has 0 aromatic carbocycles. The molecule has 1 aliphatic heterocycles. The first-order chi connectivity index (χ1) is 9.66. The van der Waals surface area contributed by atoms with Gasteiger partial charge in [0.15, 0.2) is 0 Å². The van der Waals surface area contributed by atoms with Crippen molar-refractivity contribution in [3.05, 3.63) is 23.4 Å². The Bertz CT molecular complexity index is 412. The highest BCUT2D eigenvalue weighted by atomic mass is 32.2. The predicted octanol–water partition coefficient (Wildman–Crippen LogP) is 3.08. The molecule has 2 heterocycles. The second-order valence-electron chi connectivity index (χ2n) is 5.96. The van der Waals surface area contributed by atoms with Crippen LogP contribution in [0.5, 0.6) is 0 Å². The third kappa shape index (κ3) is 4.67. The van der Waals surface area contributed by atoms with Gasteiger partial charge >= 0.3 is 0 Å². The monoisotopic (exact) mass is 293 g/mol. The number of pyridine rings is 1. The van der Waals surface area contributed by atoms with Gasteiger partial charge in [-0.1, -0.05) is 13.8 Å². The SMILES string of the molecule is Cc1cc(CNCC(C)C)cnc1N1CCCSCC1. The summed E-state index contributed by atoms with van der Waals surface area (Å²) >= 11 is 2.06. The number of hydrogen-bond donors (Lipinski definition) is 1. The molecule has 1 N–H and O–H groups in total. The van der Waals surface area contributed by atoms with Crippen molar-refractivity contribution in [3.63, 3.8) is 0 Å². The summed E-state index contributed by atoms with van der Waals surface area (Å²) in [5.41, 5.74) is 2.59. The Hall–Kier alpha value is -0.740. The van der Waals surface area contributed by atoms with Crippen molar-refractivity contribution in [1.29, 1.82) is 0 Å². The zero-order valence-electron chi connectivity index (χ0n) is 13.0. The van der Waals surface area contributed by atoms with Gasteiger partial charge in [-0.25, -0.2) is 4.98 Å². The highest BCUT2D eigenvalue weighted by Gasteiger charge is 2.13. The van der Waals surface area contributed by atoms with E-state index in [4.69, 9.17) is 4.98 Å². The molecule has 20 heavy (non-hydrogen) atoms. The minimum atomic E-state index is 0.693. The average Bonchev–Trinajstić information content (AvgIpc) is 2.67. The first-order valence-electron chi connectivity index (χ1n) is 7.65.